The highest BCUT2D eigenvalue weighted by molar-refractivity contribution is 6.87. The fraction of sp³-hybridized carbons (Fsp3) is 1.00. The Morgan fingerprint density at radius 2 is 1.02 bits per heavy atom. The second kappa shape index (κ2) is 20.0. The van der Waals surface area contributed by atoms with Crippen LogP contribution < -0.4 is 21.3 Å². The first-order chi connectivity index (χ1) is 18.3. The normalized spacial score (nSPS) is 13.8. The van der Waals surface area contributed by atoms with Crippen molar-refractivity contribution in [1.29, 1.82) is 0 Å². The smallest absolute Gasteiger partial charge is 0.436 e. The van der Waals surface area contributed by atoms with Crippen LogP contribution in [0, 0.1) is 0 Å². The molecule has 0 bridgehead atoms. The van der Waals surface area contributed by atoms with Gasteiger partial charge < -0.3 is 55.5 Å². The predicted octanol–water partition coefficient (Wildman–Crippen LogP) is 2.68. The molecule has 0 fully saturated rings. The van der Waals surface area contributed by atoms with Gasteiger partial charge in [-0.15, -0.1) is 0 Å². The van der Waals surface area contributed by atoms with Crippen molar-refractivity contribution in [3.05, 3.63) is 0 Å². The summed E-state index contributed by atoms with van der Waals surface area (Å²) in [5.74, 6) is 0. The van der Waals surface area contributed by atoms with E-state index in [2.05, 4.69) is 61.8 Å². The van der Waals surface area contributed by atoms with Crippen molar-refractivity contribution in [3.8, 4) is 0 Å². The molecule has 0 aromatic heterocycles. The van der Waals surface area contributed by atoms with E-state index in [1.54, 1.807) is 28.4 Å². The number of nitrogens with two attached hydrogens (primary N) is 1. The lowest BCUT2D eigenvalue weighted by Crippen LogP contribution is -2.64. The van der Waals surface area contributed by atoms with Gasteiger partial charge in [0.05, 0.1) is 12.3 Å². The van der Waals surface area contributed by atoms with E-state index in [-0.39, 0.29) is 0 Å². The molecule has 0 aromatic rings. The molecular formula is C22H64N4O8Si6. The lowest BCUT2D eigenvalue weighted by molar-refractivity contribution is 0.115. The van der Waals surface area contributed by atoms with Crippen molar-refractivity contribution in [2.45, 2.75) is 78.2 Å². The minimum atomic E-state index is -2.81. The molecule has 0 aliphatic rings. The summed E-state index contributed by atoms with van der Waals surface area (Å²) < 4.78 is 47.2. The van der Waals surface area contributed by atoms with Gasteiger partial charge in [-0.2, -0.15) is 0 Å². The van der Waals surface area contributed by atoms with E-state index < -0.39 is 51.5 Å². The molecule has 0 rings (SSSR count). The molecule has 0 radical (unpaired) electrons. The summed E-state index contributed by atoms with van der Waals surface area (Å²) in [6, 6.07) is 1.12. The van der Waals surface area contributed by atoms with Gasteiger partial charge in [-0.1, -0.05) is 6.92 Å². The van der Waals surface area contributed by atoms with E-state index in [9.17, 15) is 0 Å². The Bertz CT molecular complexity index is 611. The summed E-state index contributed by atoms with van der Waals surface area (Å²) in [7, 11) is -3.72. The highest BCUT2D eigenvalue weighted by Gasteiger charge is 2.51. The Morgan fingerprint density at radius 1 is 0.625 bits per heavy atom. The molecule has 0 atom stereocenters. The Morgan fingerprint density at radius 3 is 1.35 bits per heavy atom. The van der Waals surface area contributed by atoms with Crippen LogP contribution in [0.5, 0.6) is 0 Å². The molecule has 0 aliphatic carbocycles. The third-order valence-corrected chi connectivity index (χ3v) is 27.0. The third kappa shape index (κ3) is 18.5. The molecule has 40 heavy (non-hydrogen) atoms. The van der Waals surface area contributed by atoms with Crippen molar-refractivity contribution in [2.75, 3.05) is 68.0 Å². The van der Waals surface area contributed by atoms with Gasteiger partial charge in [-0.25, -0.2) is 0 Å². The summed E-state index contributed by atoms with van der Waals surface area (Å²) >= 11 is 0. The molecule has 0 amide bonds. The van der Waals surface area contributed by atoms with Gasteiger partial charge in [0.25, 0.3) is 8.48 Å². The number of nitrogens with one attached hydrogen (secondary N) is 3. The van der Waals surface area contributed by atoms with Crippen LogP contribution in [-0.4, -0.2) is 119 Å². The Kier molecular flexibility index (Phi) is 21.4. The van der Waals surface area contributed by atoms with Crippen LogP contribution in [0.4, 0.5) is 0 Å². The van der Waals surface area contributed by atoms with Gasteiger partial charge in [0.15, 0.2) is 8.32 Å². The van der Waals surface area contributed by atoms with E-state index in [1.165, 1.54) is 0 Å². The average molecular weight is 681 g/mol. The SMILES string of the molecule is CCCN[Si](C)(C)O[Si](C)(C)O[Si](C)(C)CCCN.CNC[Si](OC)(OC)O[Si](C)(C)O[Si](CNC)(OC)OC. The van der Waals surface area contributed by atoms with Gasteiger partial charge in [-0.3, -0.25) is 0 Å². The molecule has 0 heterocycles. The zero-order valence-electron chi connectivity index (χ0n) is 28.3. The fourth-order valence-electron chi connectivity index (χ4n) is 4.24. The summed E-state index contributed by atoms with van der Waals surface area (Å²) in [6.45, 7) is 21.1. The van der Waals surface area contributed by atoms with Crippen LogP contribution >= 0.6 is 0 Å². The molecule has 0 spiro atoms. The summed E-state index contributed by atoms with van der Waals surface area (Å²) in [5.41, 5.74) is 5.60. The third-order valence-electron chi connectivity index (χ3n) is 5.64. The van der Waals surface area contributed by atoms with Crippen LogP contribution in [-0.2, 0) is 34.2 Å². The quantitative estimate of drug-likeness (QED) is 0.125. The molecule has 244 valence electrons. The van der Waals surface area contributed by atoms with E-state index in [1.807, 2.05) is 27.2 Å². The van der Waals surface area contributed by atoms with E-state index in [0.29, 0.717) is 12.3 Å². The van der Waals surface area contributed by atoms with Gasteiger partial charge in [0, 0.05) is 28.4 Å². The van der Waals surface area contributed by atoms with Crippen molar-refractivity contribution >= 4 is 51.5 Å². The first kappa shape index (κ1) is 43.0. The number of hydrogen-bond acceptors (Lipinski definition) is 12. The molecule has 5 N–H and O–H groups in total. The van der Waals surface area contributed by atoms with Crippen LogP contribution in [0.1, 0.15) is 19.8 Å². The summed E-state index contributed by atoms with van der Waals surface area (Å²) in [4.78, 5) is 3.56. The topological polar surface area (TPSA) is 136 Å². The van der Waals surface area contributed by atoms with Crippen molar-refractivity contribution < 1.29 is 34.2 Å². The maximum absolute atomic E-state index is 6.44. The summed E-state index contributed by atoms with van der Waals surface area (Å²) in [5, 5.41) is 6.08. The second-order valence-electron chi connectivity index (χ2n) is 11.5. The standard InChI is InChI=1S/C12H34N2O2Si3.C10H30N2O6Si3/c1-8-11-14-18(4,5)16-19(6,7)15-17(2,3)12-9-10-13;1-11-9-20(13-3,14-4)17-19(7,8)18-21(15-5,16-6)10-12-2/h14H,8-13H2,1-7H3;11-12H,9-10H2,1-8H3. The Hall–Kier alpha value is 0.821. The molecule has 0 aliphatic heterocycles. The molecule has 18 heteroatoms. The Balaban J connectivity index is 0. The van der Waals surface area contributed by atoms with E-state index in [0.717, 1.165) is 32.0 Å². The van der Waals surface area contributed by atoms with E-state index in [4.69, 9.17) is 39.9 Å². The van der Waals surface area contributed by atoms with Gasteiger partial charge >= 0.3 is 34.7 Å². The molecule has 0 aromatic carbocycles. The Labute approximate surface area is 252 Å². The van der Waals surface area contributed by atoms with Crippen molar-refractivity contribution in [3.63, 3.8) is 0 Å². The van der Waals surface area contributed by atoms with Gasteiger partial charge in [0.2, 0.25) is 0 Å². The van der Waals surface area contributed by atoms with Crippen LogP contribution in [0.2, 0.25) is 58.4 Å². The molecule has 0 saturated heterocycles. The zero-order chi connectivity index (χ0) is 31.7. The highest BCUT2D eigenvalue weighted by atomic mass is 28.5. The van der Waals surface area contributed by atoms with Crippen molar-refractivity contribution in [1.82, 2.24) is 15.6 Å². The predicted molar refractivity (Wildman–Crippen MR) is 178 cm³/mol. The number of rotatable bonds is 22. The largest absolute Gasteiger partial charge is 0.506 e. The molecule has 0 unspecified atom stereocenters. The molecule has 12 nitrogen and oxygen atoms in total. The lowest BCUT2D eigenvalue weighted by Gasteiger charge is -2.38. The van der Waals surface area contributed by atoms with Crippen molar-refractivity contribution in [2.24, 2.45) is 5.73 Å². The van der Waals surface area contributed by atoms with Gasteiger partial charge in [-0.05, 0) is 98.4 Å². The minimum Gasteiger partial charge on any atom is -0.436 e. The zero-order valence-corrected chi connectivity index (χ0v) is 34.3. The maximum Gasteiger partial charge on any atom is 0.506 e. The molecular weight excluding hydrogens is 617 g/mol. The van der Waals surface area contributed by atoms with Crippen LogP contribution in [0.15, 0.2) is 0 Å². The first-order valence-electron chi connectivity index (χ1n) is 14.1. The second-order valence-corrected chi connectivity index (χ2v) is 32.9. The lowest BCUT2D eigenvalue weighted by atomic mass is 10.5. The first-order valence-corrected chi connectivity index (χ1v) is 29.6. The van der Waals surface area contributed by atoms with Crippen LogP contribution in [0.3, 0.4) is 0 Å². The molecule has 0 saturated carbocycles. The average Bonchev–Trinajstić information content (AvgIpc) is 2.84. The maximum atomic E-state index is 6.44. The fourth-order valence-corrected chi connectivity index (χ4v) is 27.8. The highest BCUT2D eigenvalue weighted by Crippen LogP contribution is 2.23. The van der Waals surface area contributed by atoms with Gasteiger partial charge in [0.1, 0.15) is 0 Å². The van der Waals surface area contributed by atoms with Crippen LogP contribution in [0.25, 0.3) is 0 Å². The number of hydrogen-bond donors (Lipinski definition) is 4. The summed E-state index contributed by atoms with van der Waals surface area (Å²) in [6.07, 6.45) is 3.19. The monoisotopic (exact) mass is 680 g/mol. The van der Waals surface area contributed by atoms with E-state index >= 15 is 0 Å². The minimum absolute atomic E-state index is 0.500.